The van der Waals surface area contributed by atoms with Crippen LogP contribution in [-0.4, -0.2) is 49.1 Å². The predicted molar refractivity (Wildman–Crippen MR) is 109 cm³/mol. The van der Waals surface area contributed by atoms with Crippen LogP contribution < -0.4 is 5.32 Å². The van der Waals surface area contributed by atoms with Crippen molar-refractivity contribution >= 4 is 17.2 Å². The fraction of sp³-hybridized carbons (Fsp3) is 0.524. The Kier molecular flexibility index (Phi) is 7.38. The van der Waals surface area contributed by atoms with Crippen LogP contribution in [0.1, 0.15) is 52.5 Å². The molecule has 0 unspecified atom stereocenters. The number of aromatic nitrogens is 1. The minimum Gasteiger partial charge on any atom is -0.385 e. The summed E-state index contributed by atoms with van der Waals surface area (Å²) in [7, 11) is 1.68. The molecule has 2 aromatic heterocycles. The third-order valence-corrected chi connectivity index (χ3v) is 5.81. The van der Waals surface area contributed by atoms with E-state index in [1.807, 2.05) is 19.1 Å². The van der Waals surface area contributed by atoms with Gasteiger partial charge in [-0.3, -0.25) is 14.7 Å². The molecule has 0 spiro atoms. The van der Waals surface area contributed by atoms with Gasteiger partial charge in [-0.05, 0) is 73.8 Å². The van der Waals surface area contributed by atoms with Crippen LogP contribution in [0, 0.1) is 6.92 Å². The Morgan fingerprint density at radius 1 is 1.33 bits per heavy atom. The van der Waals surface area contributed by atoms with Gasteiger partial charge < -0.3 is 10.1 Å². The molecule has 0 bridgehead atoms. The second-order valence-corrected chi connectivity index (χ2v) is 7.95. The van der Waals surface area contributed by atoms with Gasteiger partial charge in [0.1, 0.15) is 0 Å². The van der Waals surface area contributed by atoms with E-state index in [0.717, 1.165) is 55.8 Å². The summed E-state index contributed by atoms with van der Waals surface area (Å²) in [5.41, 5.74) is 4.06. The number of methoxy groups -OCH3 is 1. The van der Waals surface area contributed by atoms with Crippen molar-refractivity contribution in [2.24, 2.45) is 0 Å². The number of piperidine rings is 1. The highest BCUT2D eigenvalue weighted by Crippen LogP contribution is 2.30. The smallest absolute Gasteiger partial charge is 0.253 e. The van der Waals surface area contributed by atoms with E-state index in [-0.39, 0.29) is 5.91 Å². The number of thiophene rings is 1. The molecule has 0 aromatic carbocycles. The van der Waals surface area contributed by atoms with Crippen molar-refractivity contribution in [2.75, 3.05) is 33.4 Å². The van der Waals surface area contributed by atoms with Gasteiger partial charge in [0.25, 0.3) is 5.91 Å². The van der Waals surface area contributed by atoms with E-state index in [1.54, 1.807) is 18.4 Å². The lowest BCUT2D eigenvalue weighted by molar-refractivity contribution is 0.0945. The average Bonchev–Trinajstić information content (AvgIpc) is 3.19. The largest absolute Gasteiger partial charge is 0.385 e. The lowest BCUT2D eigenvalue weighted by atomic mass is 9.89. The van der Waals surface area contributed by atoms with Crippen molar-refractivity contribution < 1.29 is 9.53 Å². The van der Waals surface area contributed by atoms with E-state index < -0.39 is 0 Å². The first-order chi connectivity index (χ1) is 13.2. The fourth-order valence-corrected chi connectivity index (χ4v) is 4.26. The van der Waals surface area contributed by atoms with Crippen LogP contribution >= 0.6 is 11.3 Å². The summed E-state index contributed by atoms with van der Waals surface area (Å²) in [6.45, 7) is 6.39. The van der Waals surface area contributed by atoms with Crippen molar-refractivity contribution in [2.45, 2.75) is 38.6 Å². The number of ether oxygens (including phenoxy) is 1. The first kappa shape index (κ1) is 20.0. The summed E-state index contributed by atoms with van der Waals surface area (Å²) < 4.78 is 5.04. The number of hydrogen-bond acceptors (Lipinski definition) is 5. The summed E-state index contributed by atoms with van der Waals surface area (Å²) >= 11 is 1.75. The normalized spacial score (nSPS) is 15.8. The minimum absolute atomic E-state index is 0.0192. The number of nitrogens with one attached hydrogen (secondary N) is 1. The van der Waals surface area contributed by atoms with Gasteiger partial charge in [-0.25, -0.2) is 0 Å². The number of carbonyl (C=O) groups is 1. The van der Waals surface area contributed by atoms with E-state index in [0.29, 0.717) is 19.1 Å². The van der Waals surface area contributed by atoms with Crippen LogP contribution in [0.5, 0.6) is 0 Å². The van der Waals surface area contributed by atoms with Crippen LogP contribution in [0.2, 0.25) is 0 Å². The third kappa shape index (κ3) is 5.61. The number of pyridine rings is 1. The number of nitrogens with zero attached hydrogens (tertiary/aromatic N) is 2. The molecule has 1 saturated heterocycles. The van der Waals surface area contributed by atoms with Gasteiger partial charge in [-0.2, -0.15) is 11.3 Å². The molecule has 0 atom stereocenters. The standard InChI is InChI=1S/C21H29N3O2S/c1-16-4-5-19(21(25)22-9-3-12-26-2)20(23-16)18-6-10-24(11-7-18)14-17-8-13-27-15-17/h4-5,8,13,15,18H,3,6-7,9-12,14H2,1-2H3,(H,22,25). The molecule has 0 aliphatic carbocycles. The quantitative estimate of drug-likeness (QED) is 0.703. The van der Waals surface area contributed by atoms with Crippen molar-refractivity contribution in [1.82, 2.24) is 15.2 Å². The average molecular weight is 388 g/mol. The van der Waals surface area contributed by atoms with E-state index >= 15 is 0 Å². The molecule has 0 radical (unpaired) electrons. The third-order valence-electron chi connectivity index (χ3n) is 5.08. The summed E-state index contributed by atoms with van der Waals surface area (Å²) in [6.07, 6.45) is 2.91. The van der Waals surface area contributed by atoms with Crippen molar-refractivity contribution in [3.8, 4) is 0 Å². The number of rotatable bonds is 8. The molecule has 3 rings (SSSR count). The fourth-order valence-electron chi connectivity index (χ4n) is 3.60. The topological polar surface area (TPSA) is 54.5 Å². The second-order valence-electron chi connectivity index (χ2n) is 7.17. The van der Waals surface area contributed by atoms with Crippen LogP contribution in [0.15, 0.2) is 29.0 Å². The summed E-state index contributed by atoms with van der Waals surface area (Å²) in [6, 6.07) is 6.06. The molecule has 3 heterocycles. The monoisotopic (exact) mass is 387 g/mol. The van der Waals surface area contributed by atoms with Crippen LogP contribution in [0.4, 0.5) is 0 Å². The van der Waals surface area contributed by atoms with E-state index in [1.165, 1.54) is 5.56 Å². The maximum Gasteiger partial charge on any atom is 0.253 e. The Hall–Kier alpha value is -1.76. The maximum atomic E-state index is 12.7. The van der Waals surface area contributed by atoms with Crippen LogP contribution in [-0.2, 0) is 11.3 Å². The summed E-state index contributed by atoms with van der Waals surface area (Å²) in [4.78, 5) is 19.9. The SMILES string of the molecule is COCCCNC(=O)c1ccc(C)nc1C1CCN(Cc2ccsc2)CC1. The number of carbonyl (C=O) groups excluding carboxylic acids is 1. The molecular weight excluding hydrogens is 358 g/mol. The molecule has 27 heavy (non-hydrogen) atoms. The Balaban J connectivity index is 1.62. The molecule has 1 N–H and O–H groups in total. The highest BCUT2D eigenvalue weighted by Gasteiger charge is 2.26. The molecule has 5 nitrogen and oxygen atoms in total. The van der Waals surface area contributed by atoms with Gasteiger partial charge in [-0.1, -0.05) is 0 Å². The lowest BCUT2D eigenvalue weighted by Gasteiger charge is -2.32. The molecule has 6 heteroatoms. The molecule has 2 aromatic rings. The van der Waals surface area contributed by atoms with E-state index in [2.05, 4.69) is 27.0 Å². The number of hydrogen-bond donors (Lipinski definition) is 1. The Morgan fingerprint density at radius 2 is 2.15 bits per heavy atom. The van der Waals surface area contributed by atoms with E-state index in [9.17, 15) is 4.79 Å². The van der Waals surface area contributed by atoms with Gasteiger partial charge in [0.15, 0.2) is 0 Å². The number of likely N-dealkylation sites (tertiary alicyclic amines) is 1. The zero-order valence-corrected chi connectivity index (χ0v) is 17.1. The van der Waals surface area contributed by atoms with Gasteiger partial charge in [0.05, 0.1) is 11.3 Å². The van der Waals surface area contributed by atoms with Gasteiger partial charge >= 0.3 is 0 Å². The maximum absolute atomic E-state index is 12.7. The molecule has 0 saturated carbocycles. The first-order valence-corrected chi connectivity index (χ1v) is 10.6. The minimum atomic E-state index is -0.0192. The Morgan fingerprint density at radius 3 is 2.85 bits per heavy atom. The van der Waals surface area contributed by atoms with E-state index in [4.69, 9.17) is 9.72 Å². The molecular formula is C21H29N3O2S. The van der Waals surface area contributed by atoms with Crippen LogP contribution in [0.25, 0.3) is 0 Å². The number of aryl methyl sites for hydroxylation is 1. The zero-order valence-electron chi connectivity index (χ0n) is 16.2. The first-order valence-electron chi connectivity index (χ1n) is 9.65. The van der Waals surface area contributed by atoms with Gasteiger partial charge in [-0.15, -0.1) is 0 Å². The van der Waals surface area contributed by atoms with Gasteiger partial charge in [0.2, 0.25) is 0 Å². The second kappa shape index (κ2) is 9.97. The lowest BCUT2D eigenvalue weighted by Crippen LogP contribution is -2.34. The predicted octanol–water partition coefficient (Wildman–Crippen LogP) is 3.60. The molecule has 1 aliphatic heterocycles. The van der Waals surface area contributed by atoms with Crippen molar-refractivity contribution in [3.05, 3.63) is 51.5 Å². The highest BCUT2D eigenvalue weighted by atomic mass is 32.1. The number of amides is 1. The van der Waals surface area contributed by atoms with Crippen LogP contribution in [0.3, 0.4) is 0 Å². The molecule has 1 amide bonds. The van der Waals surface area contributed by atoms with Crippen molar-refractivity contribution in [1.29, 1.82) is 0 Å². The zero-order chi connectivity index (χ0) is 19.1. The highest BCUT2D eigenvalue weighted by molar-refractivity contribution is 7.07. The summed E-state index contributed by atoms with van der Waals surface area (Å²) in [5.74, 6) is 0.331. The van der Waals surface area contributed by atoms with Gasteiger partial charge in [0, 0.05) is 38.4 Å². The Labute approximate surface area is 165 Å². The molecule has 1 fully saturated rings. The van der Waals surface area contributed by atoms with Crippen molar-refractivity contribution in [3.63, 3.8) is 0 Å². The molecule has 1 aliphatic rings. The molecule has 146 valence electrons. The Bertz CT molecular complexity index is 725. The summed E-state index contributed by atoms with van der Waals surface area (Å²) in [5, 5.41) is 7.36.